The SMILES string of the molecule is O=CC(CCC(=O)OCC1(COC(O)C23CCCC(CC(C=O)C2)C3)COC(C2CC3CCCC(OC(=O)C(F)(F)S(=O)(=O)O)(C3)C2)OC1)CC1CCCCC1. The molecule has 0 aromatic rings. The van der Waals surface area contributed by atoms with Crippen LogP contribution in [0.15, 0.2) is 0 Å². The van der Waals surface area contributed by atoms with Crippen molar-refractivity contribution in [1.29, 1.82) is 0 Å². The zero-order valence-electron chi connectivity index (χ0n) is 32.3. The molecule has 6 fully saturated rings. The highest BCUT2D eigenvalue weighted by molar-refractivity contribution is 7.87. The Hall–Kier alpha value is -2.11. The largest absolute Gasteiger partial charge is 0.465 e. The smallest absolute Gasteiger partial charge is 0.465 e. The number of alkyl halides is 2. The topological polar surface area (TPSA) is 189 Å². The van der Waals surface area contributed by atoms with Crippen molar-refractivity contribution < 1.29 is 69.7 Å². The molecule has 8 atom stereocenters. The summed E-state index contributed by atoms with van der Waals surface area (Å²) in [5.41, 5.74) is -3.02. The fourth-order valence-electron chi connectivity index (χ4n) is 11.1. The highest BCUT2D eigenvalue weighted by Crippen LogP contribution is 2.54. The lowest BCUT2D eigenvalue weighted by atomic mass is 9.59. The predicted molar refractivity (Wildman–Crippen MR) is 194 cm³/mol. The van der Waals surface area contributed by atoms with Gasteiger partial charge in [0.2, 0.25) is 0 Å². The number of aliphatic hydroxyl groups excluding tert-OH is 1. The van der Waals surface area contributed by atoms with Gasteiger partial charge in [-0.25, -0.2) is 4.79 Å². The van der Waals surface area contributed by atoms with E-state index in [0.29, 0.717) is 37.5 Å². The third-order valence-electron chi connectivity index (χ3n) is 13.9. The first-order valence-corrected chi connectivity index (χ1v) is 22.2. The zero-order chi connectivity index (χ0) is 40.2. The van der Waals surface area contributed by atoms with E-state index in [-0.39, 0.29) is 69.9 Å². The molecule has 1 heterocycles. The molecule has 0 radical (unpaired) electrons. The molecule has 5 saturated carbocycles. The van der Waals surface area contributed by atoms with Gasteiger partial charge in [-0.3, -0.25) is 9.35 Å². The number of rotatable bonds is 17. The van der Waals surface area contributed by atoms with E-state index < -0.39 is 62.2 Å². The van der Waals surface area contributed by atoms with Gasteiger partial charge in [0.15, 0.2) is 12.6 Å². The van der Waals surface area contributed by atoms with E-state index in [1.807, 2.05) is 0 Å². The molecule has 13 nitrogen and oxygen atoms in total. The number of halogens is 2. The molecule has 56 heavy (non-hydrogen) atoms. The highest BCUT2D eigenvalue weighted by Gasteiger charge is 2.59. The summed E-state index contributed by atoms with van der Waals surface area (Å²) in [6, 6.07) is 0. The highest BCUT2D eigenvalue weighted by atomic mass is 32.2. The molecule has 5 aliphatic carbocycles. The molecule has 2 N–H and O–H groups in total. The van der Waals surface area contributed by atoms with E-state index in [0.717, 1.165) is 83.2 Å². The fourth-order valence-corrected chi connectivity index (χ4v) is 11.4. The molecule has 1 saturated heterocycles. The number of aldehydes is 2. The molecule has 0 aromatic heterocycles. The normalized spacial score (nSPS) is 36.5. The van der Waals surface area contributed by atoms with Crippen LogP contribution in [0.25, 0.3) is 0 Å². The Kier molecular flexibility index (Phi) is 14.0. The summed E-state index contributed by atoms with van der Waals surface area (Å²) in [5.74, 6) is -2.84. The molecule has 8 unspecified atom stereocenters. The average Bonchev–Trinajstić information content (AvgIpc) is 3.17. The first-order valence-electron chi connectivity index (χ1n) is 20.8. The zero-order valence-corrected chi connectivity index (χ0v) is 33.1. The van der Waals surface area contributed by atoms with Gasteiger partial charge in [0.1, 0.15) is 24.8 Å². The molecule has 318 valence electrons. The number of fused-ring (bicyclic) bond motifs is 4. The lowest BCUT2D eigenvalue weighted by Gasteiger charge is -2.51. The van der Waals surface area contributed by atoms with Crippen LogP contribution >= 0.6 is 0 Å². The van der Waals surface area contributed by atoms with Crippen LogP contribution in [0.3, 0.4) is 0 Å². The van der Waals surface area contributed by atoms with E-state index >= 15 is 0 Å². The molecule has 16 heteroatoms. The van der Waals surface area contributed by atoms with E-state index in [4.69, 9.17) is 28.2 Å². The van der Waals surface area contributed by atoms with Gasteiger partial charge in [-0.2, -0.15) is 17.2 Å². The van der Waals surface area contributed by atoms with Gasteiger partial charge in [0.25, 0.3) is 0 Å². The maximum atomic E-state index is 14.3. The second kappa shape index (κ2) is 18.0. The molecule has 0 spiro atoms. The lowest BCUT2D eigenvalue weighted by molar-refractivity contribution is -0.293. The Labute approximate surface area is 328 Å². The van der Waals surface area contributed by atoms with Crippen LogP contribution < -0.4 is 0 Å². The quantitative estimate of drug-likeness (QED) is 0.0761. The molecular formula is C40H60F2O13S. The third-order valence-corrected chi connectivity index (χ3v) is 14.7. The fraction of sp³-hybridized carbons (Fsp3) is 0.900. The van der Waals surface area contributed by atoms with Gasteiger partial charge in [-0.15, -0.1) is 0 Å². The summed E-state index contributed by atoms with van der Waals surface area (Å²) in [6.07, 6.45) is 13.9. The minimum Gasteiger partial charge on any atom is -0.465 e. The number of esters is 2. The molecule has 6 aliphatic rings. The molecular weight excluding hydrogens is 758 g/mol. The van der Waals surface area contributed by atoms with Crippen molar-refractivity contribution in [1.82, 2.24) is 0 Å². The maximum absolute atomic E-state index is 14.3. The van der Waals surface area contributed by atoms with Crippen molar-refractivity contribution in [2.45, 2.75) is 152 Å². The number of carbonyl (C=O) groups is 4. The van der Waals surface area contributed by atoms with Crippen LogP contribution in [0, 0.1) is 46.3 Å². The summed E-state index contributed by atoms with van der Waals surface area (Å²) in [6.45, 7) is -0.286. The van der Waals surface area contributed by atoms with Crippen LogP contribution in [-0.2, 0) is 53.0 Å². The summed E-state index contributed by atoms with van der Waals surface area (Å²) in [7, 11) is -6.04. The van der Waals surface area contributed by atoms with Gasteiger partial charge < -0.3 is 38.4 Å². The average molecular weight is 819 g/mol. The summed E-state index contributed by atoms with van der Waals surface area (Å²) in [4.78, 5) is 49.3. The van der Waals surface area contributed by atoms with Gasteiger partial charge in [-0.05, 0) is 88.4 Å². The Morgan fingerprint density at radius 3 is 2.27 bits per heavy atom. The molecule has 0 amide bonds. The minimum atomic E-state index is -6.04. The van der Waals surface area contributed by atoms with E-state index in [1.54, 1.807) is 0 Å². The van der Waals surface area contributed by atoms with Crippen LogP contribution in [0.1, 0.15) is 128 Å². The van der Waals surface area contributed by atoms with E-state index in [9.17, 15) is 41.5 Å². The number of aliphatic hydroxyl groups is 1. The van der Waals surface area contributed by atoms with Gasteiger partial charge in [0, 0.05) is 29.6 Å². The standard InChI is InChI=1S/C40H60F2O13S/c41-40(42,56(48,49)50)36(47)55-39-13-5-9-29(19-39)16-32(20-39)34-52-24-37(25-53-34,23-51-33(45)11-10-30(21-43)14-27-6-2-1-3-7-27)26-54-35(46)38-12-4-8-28(17-38)15-31(18-38)22-44/h21-22,27-32,34-35,46H,1-20,23-26H2,(H,48,49,50). The van der Waals surface area contributed by atoms with E-state index in [2.05, 4.69) is 0 Å². The number of hydrogen-bond acceptors (Lipinski definition) is 12. The van der Waals surface area contributed by atoms with Gasteiger partial charge >= 0.3 is 27.3 Å². The second-order valence-electron chi connectivity index (χ2n) is 18.4. The molecule has 6 rings (SSSR count). The molecule has 0 aromatic carbocycles. The summed E-state index contributed by atoms with van der Waals surface area (Å²) in [5, 5.41) is 6.45. The Morgan fingerprint density at radius 1 is 0.893 bits per heavy atom. The van der Waals surface area contributed by atoms with Crippen LogP contribution in [0.2, 0.25) is 0 Å². The summed E-state index contributed by atoms with van der Waals surface area (Å²) >= 11 is 0. The Balaban J connectivity index is 1.11. The van der Waals surface area contributed by atoms with Gasteiger partial charge in [-0.1, -0.05) is 51.4 Å². The lowest BCUT2D eigenvalue weighted by Crippen LogP contribution is -2.55. The van der Waals surface area contributed by atoms with Crippen molar-refractivity contribution in [3.8, 4) is 0 Å². The third kappa shape index (κ3) is 10.2. The van der Waals surface area contributed by atoms with Crippen LogP contribution in [0.5, 0.6) is 0 Å². The Morgan fingerprint density at radius 2 is 1.59 bits per heavy atom. The number of carbonyl (C=O) groups excluding carboxylic acids is 4. The van der Waals surface area contributed by atoms with Crippen molar-refractivity contribution in [3.63, 3.8) is 0 Å². The first kappa shape index (κ1) is 43.5. The number of hydrogen-bond donors (Lipinski definition) is 2. The van der Waals surface area contributed by atoms with Crippen LogP contribution in [-0.4, -0.2) is 92.5 Å². The van der Waals surface area contributed by atoms with Crippen molar-refractivity contribution in [3.05, 3.63) is 0 Å². The predicted octanol–water partition coefficient (Wildman–Crippen LogP) is 5.94. The van der Waals surface area contributed by atoms with Gasteiger partial charge in [0.05, 0.1) is 25.2 Å². The first-order chi connectivity index (χ1) is 26.6. The monoisotopic (exact) mass is 818 g/mol. The molecule has 1 aliphatic heterocycles. The number of ether oxygens (including phenoxy) is 5. The van der Waals surface area contributed by atoms with Crippen molar-refractivity contribution >= 4 is 34.6 Å². The van der Waals surface area contributed by atoms with Crippen molar-refractivity contribution in [2.24, 2.45) is 46.3 Å². The van der Waals surface area contributed by atoms with Crippen molar-refractivity contribution in [2.75, 3.05) is 26.4 Å². The van der Waals surface area contributed by atoms with Crippen LogP contribution in [0.4, 0.5) is 8.78 Å². The minimum absolute atomic E-state index is 0.0162. The Bertz CT molecular complexity index is 1500. The second-order valence-corrected chi connectivity index (χ2v) is 19.8. The summed E-state index contributed by atoms with van der Waals surface area (Å²) < 4.78 is 89.9. The maximum Gasteiger partial charge on any atom is 0.465 e. The van der Waals surface area contributed by atoms with E-state index in [1.165, 1.54) is 6.42 Å². The molecule has 4 bridgehead atoms.